The van der Waals surface area contributed by atoms with Gasteiger partial charge in [-0.25, -0.2) is 13.1 Å². The van der Waals surface area contributed by atoms with Crippen molar-refractivity contribution < 1.29 is 12.9 Å². The van der Waals surface area contributed by atoms with Crippen LogP contribution in [0.15, 0.2) is 34.9 Å². The SMILES string of the molecule is CCN(CC)Cc1sc(-c2nc(-c3ccc(CCNS(C)(=O)=O)cc3)no2)cc1C. The van der Waals surface area contributed by atoms with Gasteiger partial charge in [-0.15, -0.1) is 11.3 Å². The fourth-order valence-electron chi connectivity index (χ4n) is 3.07. The summed E-state index contributed by atoms with van der Waals surface area (Å²) in [6.07, 6.45) is 1.78. The molecule has 0 saturated carbocycles. The molecule has 0 radical (unpaired) electrons. The van der Waals surface area contributed by atoms with Crippen LogP contribution in [-0.2, 0) is 23.0 Å². The summed E-state index contributed by atoms with van der Waals surface area (Å²) in [7, 11) is -3.16. The topological polar surface area (TPSA) is 88.3 Å². The maximum absolute atomic E-state index is 11.1. The smallest absolute Gasteiger partial charge is 0.268 e. The molecular weight excluding hydrogens is 420 g/mol. The summed E-state index contributed by atoms with van der Waals surface area (Å²) < 4.78 is 30.3. The first kappa shape index (κ1) is 22.6. The van der Waals surface area contributed by atoms with Gasteiger partial charge in [0.25, 0.3) is 5.89 Å². The summed E-state index contributed by atoms with van der Waals surface area (Å²) in [5, 5.41) is 4.14. The van der Waals surface area contributed by atoms with Crippen LogP contribution in [0.4, 0.5) is 0 Å². The lowest BCUT2D eigenvalue weighted by Gasteiger charge is -2.17. The first-order valence-electron chi connectivity index (χ1n) is 9.98. The molecule has 30 heavy (non-hydrogen) atoms. The predicted octanol–water partition coefficient (Wildman–Crippen LogP) is 3.71. The van der Waals surface area contributed by atoms with Crippen molar-refractivity contribution in [3.05, 3.63) is 46.3 Å². The summed E-state index contributed by atoms with van der Waals surface area (Å²) in [5.74, 6) is 1.08. The van der Waals surface area contributed by atoms with Crippen LogP contribution >= 0.6 is 11.3 Å². The molecule has 0 saturated heterocycles. The Bertz CT molecular complexity index is 1070. The van der Waals surface area contributed by atoms with E-state index in [9.17, 15) is 8.42 Å². The van der Waals surface area contributed by atoms with Gasteiger partial charge in [-0.05, 0) is 43.6 Å². The van der Waals surface area contributed by atoms with Gasteiger partial charge >= 0.3 is 0 Å². The quantitative estimate of drug-likeness (QED) is 0.509. The number of sulfonamides is 1. The van der Waals surface area contributed by atoms with Crippen molar-refractivity contribution in [3.63, 3.8) is 0 Å². The molecule has 0 unspecified atom stereocenters. The molecule has 0 amide bonds. The van der Waals surface area contributed by atoms with Gasteiger partial charge in [0.2, 0.25) is 15.8 Å². The number of hydrogen-bond acceptors (Lipinski definition) is 7. The predicted molar refractivity (Wildman–Crippen MR) is 121 cm³/mol. The molecule has 0 aliphatic carbocycles. The first-order valence-corrected chi connectivity index (χ1v) is 12.7. The zero-order chi connectivity index (χ0) is 21.7. The average Bonchev–Trinajstić information content (AvgIpc) is 3.33. The largest absolute Gasteiger partial charge is 0.333 e. The van der Waals surface area contributed by atoms with E-state index in [1.807, 2.05) is 24.3 Å². The number of nitrogens with one attached hydrogen (secondary N) is 1. The molecule has 0 aliphatic rings. The summed E-state index contributed by atoms with van der Waals surface area (Å²) in [5.41, 5.74) is 3.14. The minimum absolute atomic E-state index is 0.373. The number of aryl methyl sites for hydroxylation is 1. The fourth-order valence-corrected chi connectivity index (χ4v) is 4.69. The highest BCUT2D eigenvalue weighted by atomic mass is 32.2. The molecule has 0 aliphatic heterocycles. The molecule has 0 atom stereocenters. The molecule has 7 nitrogen and oxygen atoms in total. The molecular formula is C21H28N4O3S2. The molecule has 0 spiro atoms. The minimum Gasteiger partial charge on any atom is -0.333 e. The summed E-state index contributed by atoms with van der Waals surface area (Å²) in [6, 6.07) is 9.87. The molecule has 1 N–H and O–H groups in total. The van der Waals surface area contributed by atoms with E-state index in [2.05, 4.69) is 46.6 Å². The van der Waals surface area contributed by atoms with Crippen molar-refractivity contribution >= 4 is 21.4 Å². The molecule has 162 valence electrons. The summed E-state index contributed by atoms with van der Waals surface area (Å²) >= 11 is 1.70. The number of rotatable bonds is 10. The van der Waals surface area contributed by atoms with E-state index in [0.717, 1.165) is 41.9 Å². The van der Waals surface area contributed by atoms with Gasteiger partial charge in [-0.1, -0.05) is 43.3 Å². The van der Waals surface area contributed by atoms with Gasteiger partial charge in [0.05, 0.1) is 11.1 Å². The van der Waals surface area contributed by atoms with Gasteiger partial charge < -0.3 is 4.52 Å². The van der Waals surface area contributed by atoms with E-state index in [4.69, 9.17) is 4.52 Å². The summed E-state index contributed by atoms with van der Waals surface area (Å²) in [4.78, 5) is 9.26. The average molecular weight is 449 g/mol. The van der Waals surface area contributed by atoms with Crippen molar-refractivity contribution in [1.82, 2.24) is 19.8 Å². The number of hydrogen-bond donors (Lipinski definition) is 1. The van der Waals surface area contributed by atoms with Crippen LogP contribution in [0.25, 0.3) is 22.2 Å². The van der Waals surface area contributed by atoms with E-state index < -0.39 is 10.0 Å². The lowest BCUT2D eigenvalue weighted by atomic mass is 10.1. The van der Waals surface area contributed by atoms with E-state index in [1.54, 1.807) is 11.3 Å². The molecule has 1 aromatic carbocycles. The van der Waals surface area contributed by atoms with Crippen molar-refractivity contribution in [2.75, 3.05) is 25.9 Å². The van der Waals surface area contributed by atoms with Crippen molar-refractivity contribution in [2.24, 2.45) is 0 Å². The highest BCUT2D eigenvalue weighted by molar-refractivity contribution is 7.88. The van der Waals surface area contributed by atoms with Gasteiger partial charge in [0.1, 0.15) is 0 Å². The zero-order valence-electron chi connectivity index (χ0n) is 17.8. The Labute approximate surface area is 182 Å². The van der Waals surface area contributed by atoms with Crippen LogP contribution < -0.4 is 4.72 Å². The monoisotopic (exact) mass is 448 g/mol. The van der Waals surface area contributed by atoms with Crippen LogP contribution in [0.3, 0.4) is 0 Å². The normalized spacial score (nSPS) is 12.0. The number of aromatic nitrogens is 2. The highest BCUT2D eigenvalue weighted by Crippen LogP contribution is 2.32. The lowest BCUT2D eigenvalue weighted by molar-refractivity contribution is 0.298. The van der Waals surface area contributed by atoms with Crippen molar-refractivity contribution in [1.29, 1.82) is 0 Å². The van der Waals surface area contributed by atoms with Crippen LogP contribution in [0.5, 0.6) is 0 Å². The third-order valence-electron chi connectivity index (χ3n) is 4.91. The second-order valence-corrected chi connectivity index (χ2v) is 10.2. The first-order chi connectivity index (χ1) is 14.3. The van der Waals surface area contributed by atoms with Gasteiger partial charge in [-0.3, -0.25) is 4.90 Å². The Hall–Kier alpha value is -2.07. The summed E-state index contributed by atoms with van der Waals surface area (Å²) in [6.45, 7) is 9.81. The van der Waals surface area contributed by atoms with Crippen LogP contribution in [0.1, 0.15) is 29.9 Å². The molecule has 0 fully saturated rings. The third-order valence-corrected chi connectivity index (χ3v) is 6.85. The third kappa shape index (κ3) is 5.98. The standard InChI is InChI=1S/C21H28N4O3S2/c1-5-25(6-2)14-19-15(3)13-18(29-19)21-23-20(24-28-21)17-9-7-16(8-10-17)11-12-22-30(4,26)27/h7-10,13,22H,5-6,11-12,14H2,1-4H3. The van der Waals surface area contributed by atoms with Crippen LogP contribution in [-0.4, -0.2) is 49.3 Å². The van der Waals surface area contributed by atoms with Crippen LogP contribution in [0.2, 0.25) is 0 Å². The van der Waals surface area contributed by atoms with Crippen LogP contribution in [0, 0.1) is 6.92 Å². The Morgan fingerprint density at radius 2 is 1.87 bits per heavy atom. The molecule has 2 heterocycles. The second-order valence-electron chi connectivity index (χ2n) is 7.21. The Balaban J connectivity index is 1.69. The highest BCUT2D eigenvalue weighted by Gasteiger charge is 2.16. The van der Waals surface area contributed by atoms with E-state index in [1.165, 1.54) is 10.4 Å². The maximum atomic E-state index is 11.1. The number of thiophene rings is 1. The van der Waals surface area contributed by atoms with Gasteiger partial charge in [0, 0.05) is 23.5 Å². The molecule has 2 aromatic heterocycles. The Morgan fingerprint density at radius 3 is 2.50 bits per heavy atom. The Kier molecular flexibility index (Phi) is 7.41. The molecule has 3 aromatic rings. The van der Waals surface area contributed by atoms with Gasteiger partial charge in [0.15, 0.2) is 0 Å². The van der Waals surface area contributed by atoms with E-state index >= 15 is 0 Å². The Morgan fingerprint density at radius 1 is 1.17 bits per heavy atom. The number of benzene rings is 1. The molecule has 9 heteroatoms. The zero-order valence-corrected chi connectivity index (χ0v) is 19.4. The van der Waals surface area contributed by atoms with Crippen molar-refractivity contribution in [2.45, 2.75) is 33.7 Å². The maximum Gasteiger partial charge on any atom is 0.268 e. The second kappa shape index (κ2) is 9.82. The molecule has 3 rings (SSSR count). The minimum atomic E-state index is -3.16. The lowest BCUT2D eigenvalue weighted by Crippen LogP contribution is -2.24. The molecule has 0 bridgehead atoms. The van der Waals surface area contributed by atoms with E-state index in [-0.39, 0.29) is 0 Å². The van der Waals surface area contributed by atoms with Gasteiger partial charge in [-0.2, -0.15) is 4.98 Å². The van der Waals surface area contributed by atoms with Crippen molar-refractivity contribution in [3.8, 4) is 22.2 Å². The van der Waals surface area contributed by atoms with E-state index in [0.29, 0.717) is 24.7 Å². The number of nitrogens with zero attached hydrogens (tertiary/aromatic N) is 3. The fraction of sp³-hybridized carbons (Fsp3) is 0.429.